The Labute approximate surface area is 143 Å². The summed E-state index contributed by atoms with van der Waals surface area (Å²) in [5.41, 5.74) is 1.78. The molecule has 0 fully saturated rings. The van der Waals surface area contributed by atoms with Crippen LogP contribution in [0.4, 0.5) is 0 Å². The van der Waals surface area contributed by atoms with Crippen LogP contribution in [0.2, 0.25) is 0 Å². The van der Waals surface area contributed by atoms with Crippen molar-refractivity contribution in [3.8, 4) is 11.5 Å². The summed E-state index contributed by atoms with van der Waals surface area (Å²) < 4.78 is 8.64. The van der Waals surface area contributed by atoms with Crippen LogP contribution in [-0.2, 0) is 13.1 Å². The number of fused-ring (bicyclic) bond motifs is 4. The second-order valence-electron chi connectivity index (χ2n) is 5.75. The van der Waals surface area contributed by atoms with Crippen LogP contribution >= 0.6 is 15.9 Å². The molecule has 0 unspecified atom stereocenters. The van der Waals surface area contributed by atoms with Gasteiger partial charge in [0.05, 0.1) is 6.54 Å². The number of benzene rings is 1. The topological polar surface area (TPSA) is 88.7 Å². The van der Waals surface area contributed by atoms with Crippen LogP contribution in [-0.4, -0.2) is 26.1 Å². The Kier molecular flexibility index (Phi) is 2.92. The van der Waals surface area contributed by atoms with E-state index in [2.05, 4.69) is 40.8 Å². The predicted molar refractivity (Wildman–Crippen MR) is 92.8 cm³/mol. The molecule has 0 saturated carbocycles. The molecule has 8 heteroatoms. The zero-order valence-corrected chi connectivity index (χ0v) is 14.1. The van der Waals surface area contributed by atoms with Crippen molar-refractivity contribution in [2.75, 3.05) is 6.54 Å². The molecular formula is C16H12BrN5O2. The molecule has 0 saturated heterocycles. The number of hydrogen-bond donors (Lipinski definition) is 2. The highest BCUT2D eigenvalue weighted by molar-refractivity contribution is 9.10. The summed E-state index contributed by atoms with van der Waals surface area (Å²) in [5.74, 6) is 1.40. The Morgan fingerprint density at radius 2 is 2.21 bits per heavy atom. The Hall–Kier alpha value is -2.45. The van der Waals surface area contributed by atoms with Crippen molar-refractivity contribution in [3.05, 3.63) is 45.0 Å². The molecule has 1 aliphatic rings. The minimum Gasteiger partial charge on any atom is -0.449 e. The average molecular weight is 386 g/mol. The minimum absolute atomic E-state index is 0.234. The second-order valence-corrected chi connectivity index (χ2v) is 6.66. The molecule has 0 spiro atoms. The van der Waals surface area contributed by atoms with Gasteiger partial charge in [-0.05, 0) is 18.2 Å². The smallest absolute Gasteiger partial charge is 0.294 e. The summed E-state index contributed by atoms with van der Waals surface area (Å²) >= 11 is 3.45. The van der Waals surface area contributed by atoms with Crippen LogP contribution in [0.1, 0.15) is 5.82 Å². The lowest BCUT2D eigenvalue weighted by Crippen LogP contribution is -2.27. The summed E-state index contributed by atoms with van der Waals surface area (Å²) in [6.45, 7) is 2.48. The number of nitrogens with one attached hydrogen (secondary N) is 2. The summed E-state index contributed by atoms with van der Waals surface area (Å²) in [5, 5.41) is 4.08. The number of aromatic nitrogens is 4. The summed E-state index contributed by atoms with van der Waals surface area (Å²) in [7, 11) is 0. The normalized spacial score (nSPS) is 14.4. The van der Waals surface area contributed by atoms with Gasteiger partial charge in [0, 0.05) is 29.1 Å². The molecule has 4 heterocycles. The van der Waals surface area contributed by atoms with Gasteiger partial charge in [-0.3, -0.25) is 4.79 Å². The lowest BCUT2D eigenvalue weighted by Gasteiger charge is -2.13. The van der Waals surface area contributed by atoms with Crippen LogP contribution in [0.5, 0.6) is 0 Å². The second kappa shape index (κ2) is 5.02. The number of H-pyrrole nitrogens is 1. The molecule has 1 aromatic carbocycles. The van der Waals surface area contributed by atoms with Gasteiger partial charge in [-0.2, -0.15) is 0 Å². The molecule has 0 bridgehead atoms. The van der Waals surface area contributed by atoms with E-state index in [1.54, 1.807) is 0 Å². The van der Waals surface area contributed by atoms with Crippen LogP contribution in [0.3, 0.4) is 0 Å². The molecule has 24 heavy (non-hydrogen) atoms. The first-order chi connectivity index (χ1) is 11.7. The molecule has 0 atom stereocenters. The fourth-order valence-corrected chi connectivity index (χ4v) is 3.41. The molecule has 120 valence electrons. The van der Waals surface area contributed by atoms with Gasteiger partial charge in [-0.25, -0.2) is 9.97 Å². The standard InChI is InChI=1S/C16H12BrN5O2/c17-8-1-2-11-9(5-8)13-14(24-11)16(23)21-15(20-13)10-7-22-4-3-18-6-12(22)19-10/h1-2,5,7,18H,3-4,6H2,(H,20,21,23). The van der Waals surface area contributed by atoms with Crippen LogP contribution in [0, 0.1) is 0 Å². The summed E-state index contributed by atoms with van der Waals surface area (Å²) in [6, 6.07) is 5.59. The average Bonchev–Trinajstić information content (AvgIpc) is 3.16. The highest BCUT2D eigenvalue weighted by Crippen LogP contribution is 2.29. The van der Waals surface area contributed by atoms with E-state index in [1.165, 1.54) is 0 Å². The van der Waals surface area contributed by atoms with E-state index >= 15 is 0 Å². The van der Waals surface area contributed by atoms with Crippen molar-refractivity contribution in [2.45, 2.75) is 13.1 Å². The van der Waals surface area contributed by atoms with Crippen molar-refractivity contribution < 1.29 is 4.42 Å². The largest absolute Gasteiger partial charge is 0.449 e. The number of halogens is 1. The third kappa shape index (κ3) is 2.03. The van der Waals surface area contributed by atoms with E-state index in [-0.39, 0.29) is 11.1 Å². The zero-order valence-electron chi connectivity index (χ0n) is 12.5. The molecule has 1 aliphatic heterocycles. The Bertz CT molecular complexity index is 1130. The zero-order chi connectivity index (χ0) is 16.3. The van der Waals surface area contributed by atoms with Crippen molar-refractivity contribution in [3.63, 3.8) is 0 Å². The van der Waals surface area contributed by atoms with E-state index in [0.29, 0.717) is 29.2 Å². The van der Waals surface area contributed by atoms with E-state index in [0.717, 1.165) is 28.8 Å². The SMILES string of the molecule is O=c1[nH]c(-c2cn3c(n2)CNCC3)nc2c1oc1ccc(Br)cc12. The monoisotopic (exact) mass is 385 g/mol. The van der Waals surface area contributed by atoms with Gasteiger partial charge in [-0.1, -0.05) is 15.9 Å². The Morgan fingerprint density at radius 3 is 3.08 bits per heavy atom. The Morgan fingerprint density at radius 1 is 1.29 bits per heavy atom. The number of hydrogen-bond acceptors (Lipinski definition) is 5. The van der Waals surface area contributed by atoms with Crippen molar-refractivity contribution in [1.29, 1.82) is 0 Å². The Balaban J connectivity index is 1.77. The number of nitrogens with zero attached hydrogens (tertiary/aromatic N) is 3. The lowest BCUT2D eigenvalue weighted by atomic mass is 10.2. The van der Waals surface area contributed by atoms with Gasteiger partial charge < -0.3 is 19.3 Å². The van der Waals surface area contributed by atoms with Gasteiger partial charge in [0.15, 0.2) is 5.82 Å². The van der Waals surface area contributed by atoms with Crippen molar-refractivity contribution >= 4 is 38.0 Å². The molecule has 2 N–H and O–H groups in total. The third-order valence-electron chi connectivity index (χ3n) is 4.20. The van der Waals surface area contributed by atoms with E-state index < -0.39 is 0 Å². The number of imidazole rings is 1. The van der Waals surface area contributed by atoms with Crippen molar-refractivity contribution in [2.24, 2.45) is 0 Å². The number of furan rings is 1. The highest BCUT2D eigenvalue weighted by Gasteiger charge is 2.18. The molecule has 4 aromatic rings. The molecule has 0 aliphatic carbocycles. The van der Waals surface area contributed by atoms with Gasteiger partial charge in [0.1, 0.15) is 22.6 Å². The van der Waals surface area contributed by atoms with Gasteiger partial charge in [0.25, 0.3) is 5.56 Å². The third-order valence-corrected chi connectivity index (χ3v) is 4.69. The van der Waals surface area contributed by atoms with Gasteiger partial charge in [-0.15, -0.1) is 0 Å². The highest BCUT2D eigenvalue weighted by atomic mass is 79.9. The predicted octanol–water partition coefficient (Wildman–Crippen LogP) is 2.40. The molecular weight excluding hydrogens is 374 g/mol. The maximum absolute atomic E-state index is 12.4. The number of rotatable bonds is 1. The number of aromatic amines is 1. The van der Waals surface area contributed by atoms with Crippen LogP contribution in [0.15, 0.2) is 38.1 Å². The fraction of sp³-hybridized carbons (Fsp3) is 0.188. The van der Waals surface area contributed by atoms with Crippen LogP contribution < -0.4 is 10.9 Å². The van der Waals surface area contributed by atoms with Crippen molar-refractivity contribution in [1.82, 2.24) is 24.8 Å². The van der Waals surface area contributed by atoms with Gasteiger partial charge in [0.2, 0.25) is 5.58 Å². The molecule has 5 rings (SSSR count). The molecule has 0 amide bonds. The minimum atomic E-state index is -0.300. The molecule has 0 radical (unpaired) electrons. The van der Waals surface area contributed by atoms with E-state index in [4.69, 9.17) is 4.42 Å². The maximum Gasteiger partial charge on any atom is 0.294 e. The first kappa shape index (κ1) is 13.9. The van der Waals surface area contributed by atoms with E-state index in [1.807, 2.05) is 24.4 Å². The van der Waals surface area contributed by atoms with Crippen LogP contribution in [0.25, 0.3) is 33.6 Å². The maximum atomic E-state index is 12.4. The summed E-state index contributed by atoms with van der Waals surface area (Å²) in [4.78, 5) is 24.4. The molecule has 7 nitrogen and oxygen atoms in total. The van der Waals surface area contributed by atoms with Gasteiger partial charge >= 0.3 is 0 Å². The lowest BCUT2D eigenvalue weighted by molar-refractivity contribution is 0.505. The first-order valence-corrected chi connectivity index (χ1v) is 8.37. The fourth-order valence-electron chi connectivity index (χ4n) is 3.05. The first-order valence-electron chi connectivity index (χ1n) is 7.58. The molecule has 3 aromatic heterocycles. The van der Waals surface area contributed by atoms with E-state index in [9.17, 15) is 4.79 Å². The summed E-state index contributed by atoms with van der Waals surface area (Å²) in [6.07, 6.45) is 1.93. The quantitative estimate of drug-likeness (QED) is 0.525.